The Morgan fingerprint density at radius 3 is 2.75 bits per heavy atom. The van der Waals surface area contributed by atoms with Gasteiger partial charge < -0.3 is 14.8 Å². The fourth-order valence-corrected chi connectivity index (χ4v) is 1.34. The molecular weight excluding hydrogens is 289 g/mol. The van der Waals surface area contributed by atoms with Crippen molar-refractivity contribution in [3.05, 3.63) is 23.6 Å². The average molecular weight is 301 g/mol. The lowest BCUT2D eigenvalue weighted by atomic mass is 10.3. The van der Waals surface area contributed by atoms with Gasteiger partial charge in [-0.2, -0.15) is 0 Å². The Hall–Kier alpha value is -2.29. The number of rotatable bonds is 3. The molecule has 0 unspecified atom stereocenters. The minimum atomic E-state index is -0.819. The minimum absolute atomic E-state index is 0.0418. The number of carbonyl (C=O) groups excluding carboxylic acids is 2. The number of aromatic nitrogens is 1. The molecule has 0 aromatic carbocycles. The second-order valence-corrected chi connectivity index (χ2v) is 3.75. The number of nitrogens with one attached hydrogen (secondary N) is 2. The van der Waals surface area contributed by atoms with Gasteiger partial charge in [0, 0.05) is 6.20 Å². The smallest absolute Gasteiger partial charge is 0.413 e. The van der Waals surface area contributed by atoms with E-state index in [0.29, 0.717) is 0 Å². The number of alkyl carbamates (subject to hydrolysis) is 1. The molecule has 1 heterocycles. The van der Waals surface area contributed by atoms with Gasteiger partial charge in [-0.1, -0.05) is 0 Å². The van der Waals surface area contributed by atoms with E-state index in [0.717, 1.165) is 12.3 Å². The molecule has 9 heteroatoms. The maximum absolute atomic E-state index is 13.7. The van der Waals surface area contributed by atoms with Crippen LogP contribution in [-0.4, -0.2) is 35.9 Å². The first kappa shape index (κ1) is 15.8. The van der Waals surface area contributed by atoms with Crippen LogP contribution in [-0.2, 0) is 9.47 Å². The maximum atomic E-state index is 13.7. The van der Waals surface area contributed by atoms with E-state index < -0.39 is 17.9 Å². The number of esters is 1. The zero-order valence-electron chi connectivity index (χ0n) is 10.7. The van der Waals surface area contributed by atoms with Crippen molar-refractivity contribution >= 4 is 35.2 Å². The van der Waals surface area contributed by atoms with Gasteiger partial charge in [-0.25, -0.2) is 19.0 Å². The van der Waals surface area contributed by atoms with Gasteiger partial charge >= 0.3 is 12.1 Å². The Kier molecular flexibility index (Phi) is 5.78. The zero-order chi connectivity index (χ0) is 15.1. The second-order valence-electron chi connectivity index (χ2n) is 3.35. The lowest BCUT2D eigenvalue weighted by Crippen LogP contribution is -2.35. The number of ether oxygens (including phenoxy) is 2. The van der Waals surface area contributed by atoms with E-state index in [9.17, 15) is 14.0 Å². The molecule has 0 saturated heterocycles. The fraction of sp³-hybridized carbons (Fsp3) is 0.273. The van der Waals surface area contributed by atoms with E-state index >= 15 is 0 Å². The molecule has 0 atom stereocenters. The van der Waals surface area contributed by atoms with Crippen LogP contribution in [0.25, 0.3) is 0 Å². The number of amides is 1. The van der Waals surface area contributed by atoms with E-state index in [-0.39, 0.29) is 23.1 Å². The molecular formula is C11H12FN3O4S. The number of thiocarbonyl (C=S) groups is 1. The van der Waals surface area contributed by atoms with Gasteiger partial charge in [0.1, 0.15) is 0 Å². The molecule has 0 bridgehead atoms. The summed E-state index contributed by atoms with van der Waals surface area (Å²) in [5.74, 6) is -1.77. The lowest BCUT2D eigenvalue weighted by molar-refractivity contribution is 0.0599. The summed E-state index contributed by atoms with van der Waals surface area (Å²) in [6.45, 7) is 1.80. The van der Waals surface area contributed by atoms with Gasteiger partial charge in [-0.3, -0.25) is 5.32 Å². The first-order chi connectivity index (χ1) is 9.47. The van der Waals surface area contributed by atoms with Crippen molar-refractivity contribution in [1.29, 1.82) is 0 Å². The summed E-state index contributed by atoms with van der Waals surface area (Å²) in [4.78, 5) is 25.9. The molecule has 1 rings (SSSR count). The highest BCUT2D eigenvalue weighted by atomic mass is 32.1. The molecule has 0 aliphatic rings. The third-order valence-corrected chi connectivity index (χ3v) is 2.19. The largest absolute Gasteiger partial charge is 0.465 e. The third kappa shape index (κ3) is 4.43. The molecule has 0 aliphatic carbocycles. The quantitative estimate of drug-likeness (QED) is 0.645. The predicted molar refractivity (Wildman–Crippen MR) is 71.9 cm³/mol. The lowest BCUT2D eigenvalue weighted by Gasteiger charge is -2.09. The molecule has 1 amide bonds. The van der Waals surface area contributed by atoms with Crippen LogP contribution in [0.1, 0.15) is 17.3 Å². The Morgan fingerprint density at radius 2 is 2.20 bits per heavy atom. The number of methoxy groups -OCH3 is 1. The zero-order valence-corrected chi connectivity index (χ0v) is 11.5. The Morgan fingerprint density at radius 1 is 1.50 bits per heavy atom. The van der Waals surface area contributed by atoms with Crippen LogP contribution in [0.3, 0.4) is 0 Å². The molecule has 0 spiro atoms. The molecule has 0 saturated carbocycles. The number of anilines is 1. The third-order valence-electron chi connectivity index (χ3n) is 1.99. The summed E-state index contributed by atoms with van der Waals surface area (Å²) in [6.07, 6.45) is 0.348. The summed E-state index contributed by atoms with van der Waals surface area (Å²) >= 11 is 4.77. The maximum Gasteiger partial charge on any atom is 0.413 e. The first-order valence-corrected chi connectivity index (χ1v) is 5.87. The van der Waals surface area contributed by atoms with Gasteiger partial charge in [0.05, 0.1) is 19.3 Å². The number of halogens is 1. The molecule has 20 heavy (non-hydrogen) atoms. The standard InChI is InChI=1S/C11H12FN3O4S/c1-3-19-11(17)15-10(20)14-8-7(12)4-6(5-13-8)9(16)18-2/h4-5H,3H2,1-2H3,(H2,13,14,15,17,20). The van der Waals surface area contributed by atoms with E-state index in [2.05, 4.69) is 25.1 Å². The Balaban J connectivity index is 2.71. The summed E-state index contributed by atoms with van der Waals surface area (Å²) < 4.78 is 22.7. The van der Waals surface area contributed by atoms with Crippen molar-refractivity contribution in [3.8, 4) is 0 Å². The van der Waals surface area contributed by atoms with Crippen LogP contribution in [0.5, 0.6) is 0 Å². The van der Waals surface area contributed by atoms with Crippen LogP contribution in [0, 0.1) is 5.82 Å². The van der Waals surface area contributed by atoms with Gasteiger partial charge in [0.2, 0.25) is 0 Å². The van der Waals surface area contributed by atoms with E-state index in [1.807, 2.05) is 0 Å². The highest BCUT2D eigenvalue weighted by Crippen LogP contribution is 2.12. The topological polar surface area (TPSA) is 89.5 Å². The highest BCUT2D eigenvalue weighted by Gasteiger charge is 2.13. The van der Waals surface area contributed by atoms with Gasteiger partial charge in [0.15, 0.2) is 16.7 Å². The Labute approximate surface area is 119 Å². The van der Waals surface area contributed by atoms with Crippen molar-refractivity contribution in [2.45, 2.75) is 6.92 Å². The van der Waals surface area contributed by atoms with Crippen molar-refractivity contribution in [2.75, 3.05) is 19.0 Å². The summed E-state index contributed by atoms with van der Waals surface area (Å²) in [7, 11) is 1.17. The van der Waals surface area contributed by atoms with Crippen LogP contribution in [0.4, 0.5) is 15.0 Å². The minimum Gasteiger partial charge on any atom is -0.465 e. The molecule has 108 valence electrons. The van der Waals surface area contributed by atoms with Gasteiger partial charge in [-0.05, 0) is 25.2 Å². The van der Waals surface area contributed by atoms with Crippen LogP contribution >= 0.6 is 12.2 Å². The molecule has 0 radical (unpaired) electrons. The summed E-state index contributed by atoms with van der Waals surface area (Å²) in [5.41, 5.74) is -0.0418. The normalized spacial score (nSPS) is 9.55. The monoisotopic (exact) mass is 301 g/mol. The predicted octanol–water partition coefficient (Wildman–Crippen LogP) is 1.45. The van der Waals surface area contributed by atoms with Gasteiger partial charge in [0.25, 0.3) is 0 Å². The molecule has 1 aromatic rings. The summed E-state index contributed by atoms with van der Waals surface area (Å²) in [5, 5.41) is 4.35. The van der Waals surface area contributed by atoms with Crippen LogP contribution < -0.4 is 10.6 Å². The fourth-order valence-electron chi connectivity index (χ4n) is 1.16. The average Bonchev–Trinajstić information content (AvgIpc) is 2.40. The molecule has 0 fully saturated rings. The number of nitrogens with zero attached hydrogens (tertiary/aromatic N) is 1. The van der Waals surface area contributed by atoms with E-state index in [1.54, 1.807) is 6.92 Å². The highest BCUT2D eigenvalue weighted by molar-refractivity contribution is 7.80. The SMILES string of the molecule is CCOC(=O)NC(=S)Nc1ncc(C(=O)OC)cc1F. The molecule has 7 nitrogen and oxygen atoms in total. The molecule has 2 N–H and O–H groups in total. The second kappa shape index (κ2) is 7.34. The van der Waals surface area contributed by atoms with Gasteiger partial charge in [-0.15, -0.1) is 0 Å². The first-order valence-electron chi connectivity index (χ1n) is 5.46. The van der Waals surface area contributed by atoms with Crippen LogP contribution in [0.2, 0.25) is 0 Å². The number of hydrogen-bond donors (Lipinski definition) is 2. The number of carbonyl (C=O) groups is 2. The molecule has 0 aliphatic heterocycles. The van der Waals surface area contributed by atoms with Crippen molar-refractivity contribution in [1.82, 2.24) is 10.3 Å². The van der Waals surface area contributed by atoms with E-state index in [1.165, 1.54) is 7.11 Å². The number of hydrogen-bond acceptors (Lipinski definition) is 6. The number of pyridine rings is 1. The molecule has 1 aromatic heterocycles. The van der Waals surface area contributed by atoms with Crippen LogP contribution in [0.15, 0.2) is 12.3 Å². The van der Waals surface area contributed by atoms with Crippen molar-refractivity contribution < 1.29 is 23.5 Å². The Bertz CT molecular complexity index is 538. The summed E-state index contributed by atoms with van der Waals surface area (Å²) in [6, 6.07) is 0.939. The van der Waals surface area contributed by atoms with E-state index in [4.69, 9.17) is 12.2 Å². The van der Waals surface area contributed by atoms with Crippen molar-refractivity contribution in [2.24, 2.45) is 0 Å². The van der Waals surface area contributed by atoms with Crippen molar-refractivity contribution in [3.63, 3.8) is 0 Å².